The van der Waals surface area contributed by atoms with Crippen LogP contribution in [0.2, 0.25) is 0 Å². The summed E-state index contributed by atoms with van der Waals surface area (Å²) in [6.07, 6.45) is 0. The minimum atomic E-state index is -0.742. The SMILES string of the molecule is COC(=O)c1cccc(NC(=O)c2ccc(=O)n(CCOc3ccccc3)n2)c1O. The topological polar surface area (TPSA) is 120 Å². The molecular weight excluding hydrogens is 390 g/mol. The number of nitrogens with one attached hydrogen (secondary N) is 1. The minimum Gasteiger partial charge on any atom is -0.505 e. The molecule has 9 heteroatoms. The molecule has 1 amide bonds. The first kappa shape index (κ1) is 20.6. The Morgan fingerprint density at radius 1 is 1.07 bits per heavy atom. The highest BCUT2D eigenvalue weighted by atomic mass is 16.5. The van der Waals surface area contributed by atoms with Crippen LogP contribution in [0.5, 0.6) is 11.5 Å². The Labute approximate surface area is 171 Å². The van der Waals surface area contributed by atoms with Gasteiger partial charge in [-0.15, -0.1) is 0 Å². The van der Waals surface area contributed by atoms with Crippen LogP contribution in [0.4, 0.5) is 5.69 Å². The molecule has 0 unspecified atom stereocenters. The Morgan fingerprint density at radius 2 is 1.83 bits per heavy atom. The maximum absolute atomic E-state index is 12.5. The zero-order valence-electron chi connectivity index (χ0n) is 16.1. The lowest BCUT2D eigenvalue weighted by molar-refractivity contribution is 0.0597. The number of nitrogens with zero attached hydrogens (tertiary/aromatic N) is 2. The number of hydrogen-bond acceptors (Lipinski definition) is 7. The monoisotopic (exact) mass is 409 g/mol. The van der Waals surface area contributed by atoms with Crippen molar-refractivity contribution in [3.8, 4) is 11.5 Å². The summed E-state index contributed by atoms with van der Waals surface area (Å²) in [6, 6.07) is 15.8. The molecular formula is C21H19N3O6. The van der Waals surface area contributed by atoms with Crippen LogP contribution in [0.1, 0.15) is 20.8 Å². The largest absolute Gasteiger partial charge is 0.505 e. The highest BCUT2D eigenvalue weighted by molar-refractivity contribution is 6.05. The maximum Gasteiger partial charge on any atom is 0.341 e. The highest BCUT2D eigenvalue weighted by Crippen LogP contribution is 2.28. The van der Waals surface area contributed by atoms with Gasteiger partial charge in [0.1, 0.15) is 23.6 Å². The van der Waals surface area contributed by atoms with E-state index in [2.05, 4.69) is 15.2 Å². The van der Waals surface area contributed by atoms with Crippen LogP contribution >= 0.6 is 0 Å². The fourth-order valence-corrected chi connectivity index (χ4v) is 2.60. The van der Waals surface area contributed by atoms with Crippen LogP contribution < -0.4 is 15.6 Å². The molecule has 1 heterocycles. The van der Waals surface area contributed by atoms with E-state index in [0.717, 1.165) is 4.68 Å². The summed E-state index contributed by atoms with van der Waals surface area (Å²) in [5.41, 5.74) is -0.517. The molecule has 0 saturated carbocycles. The van der Waals surface area contributed by atoms with E-state index in [1.807, 2.05) is 18.2 Å². The summed E-state index contributed by atoms with van der Waals surface area (Å²) in [7, 11) is 1.18. The number of aromatic nitrogens is 2. The first-order chi connectivity index (χ1) is 14.5. The van der Waals surface area contributed by atoms with E-state index in [-0.39, 0.29) is 30.1 Å². The van der Waals surface area contributed by atoms with E-state index in [1.54, 1.807) is 12.1 Å². The Morgan fingerprint density at radius 3 is 2.57 bits per heavy atom. The molecule has 30 heavy (non-hydrogen) atoms. The molecule has 0 aliphatic rings. The van der Waals surface area contributed by atoms with Crippen LogP contribution in [0.3, 0.4) is 0 Å². The zero-order chi connectivity index (χ0) is 21.5. The van der Waals surface area contributed by atoms with Gasteiger partial charge in [-0.25, -0.2) is 9.48 Å². The molecule has 154 valence electrons. The second-order valence-corrected chi connectivity index (χ2v) is 6.09. The van der Waals surface area contributed by atoms with E-state index >= 15 is 0 Å². The first-order valence-electron chi connectivity index (χ1n) is 8.97. The average Bonchev–Trinajstić information content (AvgIpc) is 2.76. The van der Waals surface area contributed by atoms with Crippen molar-refractivity contribution in [3.63, 3.8) is 0 Å². The van der Waals surface area contributed by atoms with Gasteiger partial charge < -0.3 is 19.9 Å². The summed E-state index contributed by atoms with van der Waals surface area (Å²) in [6.45, 7) is 0.321. The summed E-state index contributed by atoms with van der Waals surface area (Å²) in [4.78, 5) is 36.2. The Hall–Kier alpha value is -4.14. The smallest absolute Gasteiger partial charge is 0.341 e. The van der Waals surface area contributed by atoms with E-state index in [0.29, 0.717) is 5.75 Å². The van der Waals surface area contributed by atoms with Crippen molar-refractivity contribution in [1.29, 1.82) is 0 Å². The minimum absolute atomic E-state index is 0.00913. The molecule has 2 aromatic carbocycles. The first-order valence-corrected chi connectivity index (χ1v) is 8.97. The molecule has 0 radical (unpaired) electrons. The van der Waals surface area contributed by atoms with E-state index in [9.17, 15) is 19.5 Å². The number of amides is 1. The van der Waals surface area contributed by atoms with Crippen molar-refractivity contribution in [3.05, 3.63) is 82.3 Å². The lowest BCUT2D eigenvalue weighted by atomic mass is 10.1. The quantitative estimate of drug-likeness (QED) is 0.453. The summed E-state index contributed by atoms with van der Waals surface area (Å²) < 4.78 is 11.2. The van der Waals surface area contributed by atoms with E-state index in [1.165, 1.54) is 37.4 Å². The highest BCUT2D eigenvalue weighted by Gasteiger charge is 2.17. The summed E-state index contributed by atoms with van der Waals surface area (Å²) in [5, 5.41) is 16.7. The number of rotatable bonds is 7. The van der Waals surface area contributed by atoms with Gasteiger partial charge in [-0.05, 0) is 30.3 Å². The summed E-state index contributed by atoms with van der Waals surface area (Å²) in [5.74, 6) is -1.18. The van der Waals surface area contributed by atoms with Crippen molar-refractivity contribution >= 4 is 17.6 Å². The fourth-order valence-electron chi connectivity index (χ4n) is 2.60. The second kappa shape index (κ2) is 9.37. The fraction of sp³-hybridized carbons (Fsp3) is 0.143. The number of anilines is 1. The van der Waals surface area contributed by atoms with Crippen molar-refractivity contribution in [1.82, 2.24) is 9.78 Å². The number of para-hydroxylation sites is 2. The number of phenols is 1. The van der Waals surface area contributed by atoms with Crippen molar-refractivity contribution in [2.45, 2.75) is 6.54 Å². The number of carbonyl (C=O) groups is 2. The molecule has 9 nitrogen and oxygen atoms in total. The maximum atomic E-state index is 12.5. The standard InChI is InChI=1S/C21H19N3O6/c1-29-21(28)15-8-5-9-16(19(15)26)22-20(27)17-10-11-18(25)24(23-17)12-13-30-14-6-3-2-4-7-14/h2-11,26H,12-13H2,1H3,(H,22,27). The molecule has 2 N–H and O–H groups in total. The number of methoxy groups -OCH3 is 1. The molecule has 0 aliphatic heterocycles. The molecule has 0 aliphatic carbocycles. The number of benzene rings is 2. The molecule has 0 fully saturated rings. The Balaban J connectivity index is 1.72. The van der Waals surface area contributed by atoms with Crippen LogP contribution in [0.15, 0.2) is 65.5 Å². The molecule has 0 saturated heterocycles. The van der Waals surface area contributed by atoms with Crippen LogP contribution in [-0.2, 0) is 11.3 Å². The van der Waals surface area contributed by atoms with Crippen LogP contribution in [-0.4, -0.2) is 40.5 Å². The normalized spacial score (nSPS) is 10.3. The van der Waals surface area contributed by atoms with Gasteiger partial charge >= 0.3 is 5.97 Å². The lowest BCUT2D eigenvalue weighted by Gasteiger charge is -2.11. The van der Waals surface area contributed by atoms with Crippen molar-refractivity contribution < 1.29 is 24.2 Å². The van der Waals surface area contributed by atoms with Crippen molar-refractivity contribution in [2.24, 2.45) is 0 Å². The van der Waals surface area contributed by atoms with Crippen LogP contribution in [0.25, 0.3) is 0 Å². The lowest BCUT2D eigenvalue weighted by Crippen LogP contribution is -2.28. The zero-order valence-corrected chi connectivity index (χ0v) is 16.1. The van der Waals surface area contributed by atoms with Gasteiger partial charge in [0.2, 0.25) is 0 Å². The molecule has 3 rings (SSSR count). The molecule has 1 aromatic heterocycles. The third-order valence-electron chi connectivity index (χ3n) is 4.10. The third kappa shape index (κ3) is 4.82. The number of esters is 1. The number of phenolic OH excluding ortho intramolecular Hbond substituents is 1. The van der Waals surface area contributed by atoms with E-state index in [4.69, 9.17) is 4.74 Å². The van der Waals surface area contributed by atoms with Crippen molar-refractivity contribution in [2.75, 3.05) is 19.0 Å². The molecule has 3 aromatic rings. The number of aromatic hydroxyl groups is 1. The summed E-state index contributed by atoms with van der Waals surface area (Å²) >= 11 is 0. The van der Waals surface area contributed by atoms with Gasteiger partial charge in [-0.3, -0.25) is 9.59 Å². The molecule has 0 atom stereocenters. The molecule has 0 bridgehead atoms. The van der Waals surface area contributed by atoms with Gasteiger partial charge in [-0.1, -0.05) is 24.3 Å². The second-order valence-electron chi connectivity index (χ2n) is 6.09. The Kier molecular flexibility index (Phi) is 6.43. The van der Waals surface area contributed by atoms with Gasteiger partial charge in [0, 0.05) is 6.07 Å². The predicted octanol–water partition coefficient (Wildman–Crippen LogP) is 2.07. The average molecular weight is 409 g/mol. The third-order valence-corrected chi connectivity index (χ3v) is 4.10. The van der Waals surface area contributed by atoms with E-state index < -0.39 is 23.2 Å². The molecule has 0 spiro atoms. The van der Waals surface area contributed by atoms with Gasteiger partial charge in [0.15, 0.2) is 5.75 Å². The van der Waals surface area contributed by atoms with Crippen LogP contribution in [0, 0.1) is 0 Å². The van der Waals surface area contributed by atoms with Gasteiger partial charge in [0.05, 0.1) is 19.3 Å². The predicted molar refractivity (Wildman–Crippen MR) is 108 cm³/mol. The number of hydrogen-bond donors (Lipinski definition) is 2. The Bertz CT molecular complexity index is 1110. The number of ether oxygens (including phenoxy) is 2. The number of carbonyl (C=O) groups excluding carboxylic acids is 2. The van der Waals surface area contributed by atoms with Gasteiger partial charge in [0.25, 0.3) is 11.5 Å². The van der Waals surface area contributed by atoms with Gasteiger partial charge in [-0.2, -0.15) is 5.10 Å².